The lowest BCUT2D eigenvalue weighted by Gasteiger charge is -2.60. The summed E-state index contributed by atoms with van der Waals surface area (Å²) in [6.07, 6.45) is 7.53. The first-order valence-electron chi connectivity index (χ1n) is 8.23. The van der Waals surface area contributed by atoms with Gasteiger partial charge < -0.3 is 15.7 Å². The van der Waals surface area contributed by atoms with E-state index in [-0.39, 0.29) is 11.6 Å². The molecule has 4 fully saturated rings. The molecule has 2 atom stereocenters. The molecule has 1 aromatic rings. The van der Waals surface area contributed by atoms with E-state index < -0.39 is 5.60 Å². The number of carbonyl (C=O) groups is 1. The van der Waals surface area contributed by atoms with Gasteiger partial charge in [0, 0.05) is 11.7 Å². The molecule has 0 saturated heterocycles. The number of pyridine rings is 1. The molecule has 4 bridgehead atoms. The third-order valence-electron chi connectivity index (χ3n) is 5.57. The monoisotopic (exact) mass is 301 g/mol. The van der Waals surface area contributed by atoms with Crippen molar-refractivity contribution in [1.29, 1.82) is 0 Å². The minimum absolute atomic E-state index is 0.142. The number of amides is 2. The standard InChI is InChI=1S/C17H23N3O2/c21-15(19-10-14-3-1-2-4-18-14)20-16-6-12-5-13(7-16)9-17(22,8-12)11-16/h1-4,12-13,22H,5-11H2,(H2,19,20,21). The van der Waals surface area contributed by atoms with Gasteiger partial charge in [0.15, 0.2) is 0 Å². The summed E-state index contributed by atoms with van der Waals surface area (Å²) in [5.41, 5.74) is 0.104. The first kappa shape index (κ1) is 14.0. The van der Waals surface area contributed by atoms with Crippen LogP contribution in [0.2, 0.25) is 0 Å². The van der Waals surface area contributed by atoms with E-state index in [1.807, 2.05) is 18.2 Å². The Bertz CT molecular complexity index is 561. The molecule has 2 unspecified atom stereocenters. The maximum absolute atomic E-state index is 12.3. The molecule has 5 heteroatoms. The Morgan fingerprint density at radius 2 is 2.05 bits per heavy atom. The number of urea groups is 1. The van der Waals surface area contributed by atoms with Gasteiger partial charge in [0.05, 0.1) is 17.8 Å². The van der Waals surface area contributed by atoms with Crippen LogP contribution in [0.5, 0.6) is 0 Å². The SMILES string of the molecule is O=C(NCc1ccccn1)NC12CC3CC(CC(O)(C3)C1)C2. The molecule has 0 spiro atoms. The Kier molecular flexibility index (Phi) is 3.15. The van der Waals surface area contributed by atoms with E-state index in [4.69, 9.17) is 0 Å². The highest BCUT2D eigenvalue weighted by atomic mass is 16.3. The summed E-state index contributed by atoms with van der Waals surface area (Å²) >= 11 is 0. The van der Waals surface area contributed by atoms with Gasteiger partial charge in [-0.2, -0.15) is 0 Å². The van der Waals surface area contributed by atoms with Crippen molar-refractivity contribution in [2.45, 2.75) is 56.2 Å². The number of aromatic nitrogens is 1. The van der Waals surface area contributed by atoms with Gasteiger partial charge in [-0.1, -0.05) is 6.07 Å². The molecule has 118 valence electrons. The van der Waals surface area contributed by atoms with Crippen LogP contribution in [0, 0.1) is 11.8 Å². The van der Waals surface area contributed by atoms with Gasteiger partial charge >= 0.3 is 6.03 Å². The zero-order chi connectivity index (χ0) is 15.2. The molecule has 4 saturated carbocycles. The van der Waals surface area contributed by atoms with E-state index in [9.17, 15) is 9.90 Å². The molecule has 4 aliphatic rings. The van der Waals surface area contributed by atoms with Crippen LogP contribution in [-0.2, 0) is 6.54 Å². The smallest absolute Gasteiger partial charge is 0.315 e. The molecular formula is C17H23N3O2. The summed E-state index contributed by atoms with van der Waals surface area (Å²) in [6, 6.07) is 5.53. The fourth-order valence-corrected chi connectivity index (χ4v) is 5.32. The van der Waals surface area contributed by atoms with Crippen LogP contribution in [0.15, 0.2) is 24.4 Å². The largest absolute Gasteiger partial charge is 0.390 e. The molecule has 1 aromatic heterocycles. The Hall–Kier alpha value is -1.62. The van der Waals surface area contributed by atoms with Crippen molar-refractivity contribution >= 4 is 6.03 Å². The van der Waals surface area contributed by atoms with Gasteiger partial charge in [0.2, 0.25) is 0 Å². The van der Waals surface area contributed by atoms with Crippen LogP contribution >= 0.6 is 0 Å². The fraction of sp³-hybridized carbons (Fsp3) is 0.647. The lowest BCUT2D eigenvalue weighted by Crippen LogP contribution is -2.66. The van der Waals surface area contributed by atoms with Crippen molar-refractivity contribution in [3.8, 4) is 0 Å². The summed E-state index contributed by atoms with van der Waals surface area (Å²) in [7, 11) is 0. The van der Waals surface area contributed by atoms with Gasteiger partial charge in [-0.3, -0.25) is 4.98 Å². The quantitative estimate of drug-likeness (QED) is 0.799. The van der Waals surface area contributed by atoms with E-state index in [1.54, 1.807) is 6.20 Å². The summed E-state index contributed by atoms with van der Waals surface area (Å²) in [5.74, 6) is 1.14. The van der Waals surface area contributed by atoms with Crippen LogP contribution in [0.4, 0.5) is 4.79 Å². The number of carbonyl (C=O) groups excluding carboxylic acids is 1. The topological polar surface area (TPSA) is 74.2 Å². The highest BCUT2D eigenvalue weighted by Gasteiger charge is 2.57. The third-order valence-corrected chi connectivity index (χ3v) is 5.57. The summed E-state index contributed by atoms with van der Waals surface area (Å²) in [5, 5.41) is 16.8. The lowest BCUT2D eigenvalue weighted by molar-refractivity contribution is -0.139. The Labute approximate surface area is 130 Å². The Morgan fingerprint density at radius 1 is 1.27 bits per heavy atom. The second kappa shape index (κ2) is 4.95. The minimum Gasteiger partial charge on any atom is -0.390 e. The number of rotatable bonds is 3. The first-order chi connectivity index (χ1) is 10.5. The van der Waals surface area contributed by atoms with Gasteiger partial charge in [0.25, 0.3) is 0 Å². The van der Waals surface area contributed by atoms with Crippen LogP contribution in [0.3, 0.4) is 0 Å². The minimum atomic E-state index is -0.543. The molecule has 5 rings (SSSR count). The lowest BCUT2D eigenvalue weighted by atomic mass is 9.51. The number of aliphatic hydroxyl groups is 1. The molecule has 4 aliphatic carbocycles. The van der Waals surface area contributed by atoms with Crippen molar-refractivity contribution in [3.63, 3.8) is 0 Å². The van der Waals surface area contributed by atoms with Crippen molar-refractivity contribution < 1.29 is 9.90 Å². The molecule has 3 N–H and O–H groups in total. The van der Waals surface area contributed by atoms with Crippen LogP contribution in [-0.4, -0.2) is 27.3 Å². The van der Waals surface area contributed by atoms with Crippen LogP contribution in [0.1, 0.15) is 44.2 Å². The normalized spacial score (nSPS) is 38.8. The molecular weight excluding hydrogens is 278 g/mol. The maximum Gasteiger partial charge on any atom is 0.315 e. The number of nitrogens with one attached hydrogen (secondary N) is 2. The molecule has 0 radical (unpaired) electrons. The fourth-order valence-electron chi connectivity index (χ4n) is 5.32. The molecule has 22 heavy (non-hydrogen) atoms. The van der Waals surface area contributed by atoms with E-state index in [0.29, 0.717) is 24.8 Å². The number of hydrogen-bond acceptors (Lipinski definition) is 3. The molecule has 5 nitrogen and oxygen atoms in total. The highest BCUT2D eigenvalue weighted by molar-refractivity contribution is 5.74. The van der Waals surface area contributed by atoms with Gasteiger partial charge in [-0.05, 0) is 62.5 Å². The zero-order valence-corrected chi connectivity index (χ0v) is 12.7. The first-order valence-corrected chi connectivity index (χ1v) is 8.23. The molecule has 2 amide bonds. The average Bonchev–Trinajstić information content (AvgIpc) is 2.43. The van der Waals surface area contributed by atoms with E-state index in [1.165, 1.54) is 6.42 Å². The highest BCUT2D eigenvalue weighted by Crippen LogP contribution is 2.57. The van der Waals surface area contributed by atoms with Crippen LogP contribution < -0.4 is 10.6 Å². The Balaban J connectivity index is 1.39. The summed E-state index contributed by atoms with van der Waals surface area (Å²) < 4.78 is 0. The number of hydrogen-bond donors (Lipinski definition) is 3. The summed E-state index contributed by atoms with van der Waals surface area (Å²) in [6.45, 7) is 0.430. The summed E-state index contributed by atoms with van der Waals surface area (Å²) in [4.78, 5) is 16.5. The average molecular weight is 301 g/mol. The second-order valence-corrected chi connectivity index (χ2v) is 7.59. The molecule has 0 aromatic carbocycles. The van der Waals surface area contributed by atoms with Gasteiger partial charge in [0.1, 0.15) is 0 Å². The van der Waals surface area contributed by atoms with Gasteiger partial charge in [-0.15, -0.1) is 0 Å². The zero-order valence-electron chi connectivity index (χ0n) is 12.7. The third kappa shape index (κ3) is 2.58. The second-order valence-electron chi connectivity index (χ2n) is 7.59. The van der Waals surface area contributed by atoms with Crippen molar-refractivity contribution in [2.75, 3.05) is 0 Å². The van der Waals surface area contributed by atoms with E-state index >= 15 is 0 Å². The van der Waals surface area contributed by atoms with Crippen molar-refractivity contribution in [2.24, 2.45) is 11.8 Å². The predicted molar refractivity (Wildman–Crippen MR) is 82.0 cm³/mol. The van der Waals surface area contributed by atoms with Crippen molar-refractivity contribution in [1.82, 2.24) is 15.6 Å². The Morgan fingerprint density at radius 3 is 2.68 bits per heavy atom. The van der Waals surface area contributed by atoms with Crippen LogP contribution in [0.25, 0.3) is 0 Å². The van der Waals surface area contributed by atoms with E-state index in [2.05, 4.69) is 15.6 Å². The number of nitrogens with zero attached hydrogens (tertiary/aromatic N) is 1. The predicted octanol–water partition coefficient (Wildman–Crippen LogP) is 1.96. The molecule has 0 aliphatic heterocycles. The molecule has 1 heterocycles. The van der Waals surface area contributed by atoms with Gasteiger partial charge in [-0.25, -0.2) is 4.79 Å². The van der Waals surface area contributed by atoms with Crippen molar-refractivity contribution in [3.05, 3.63) is 30.1 Å². The maximum atomic E-state index is 12.3. The van der Waals surface area contributed by atoms with E-state index in [0.717, 1.165) is 31.4 Å².